The van der Waals surface area contributed by atoms with Crippen LogP contribution in [0.2, 0.25) is 0 Å². The highest BCUT2D eigenvalue weighted by molar-refractivity contribution is 7.91. The molecule has 0 aliphatic carbocycles. The Balaban J connectivity index is 2.47. The van der Waals surface area contributed by atoms with Gasteiger partial charge in [0.2, 0.25) is 0 Å². The average Bonchev–Trinajstić information content (AvgIpc) is 2.61. The second-order valence-electron chi connectivity index (χ2n) is 4.60. The van der Waals surface area contributed by atoms with Gasteiger partial charge in [-0.3, -0.25) is 0 Å². The van der Waals surface area contributed by atoms with Gasteiger partial charge in [-0.2, -0.15) is 0 Å². The molecular weight excluding hydrogens is 248 g/mol. The minimum absolute atomic E-state index is 0.00911. The van der Waals surface area contributed by atoms with Crippen LogP contribution in [0.25, 0.3) is 0 Å². The lowest BCUT2D eigenvalue weighted by molar-refractivity contribution is 0.0693. The van der Waals surface area contributed by atoms with E-state index < -0.39 is 9.84 Å². The third-order valence-corrected chi connectivity index (χ3v) is 5.99. The molecule has 0 amide bonds. The first-order chi connectivity index (χ1) is 7.46. The quantitative estimate of drug-likeness (QED) is 0.694. The van der Waals surface area contributed by atoms with Gasteiger partial charge in [-0.25, -0.2) is 8.42 Å². The van der Waals surface area contributed by atoms with Gasteiger partial charge in [-0.1, -0.05) is 6.92 Å². The van der Waals surface area contributed by atoms with Crippen molar-refractivity contribution in [3.63, 3.8) is 0 Å². The molecule has 1 rings (SSSR count). The second kappa shape index (κ2) is 5.69. The Morgan fingerprint density at radius 1 is 1.50 bits per heavy atom. The van der Waals surface area contributed by atoms with Crippen molar-refractivity contribution in [1.29, 1.82) is 0 Å². The van der Waals surface area contributed by atoms with Gasteiger partial charge in [0.15, 0.2) is 0 Å². The molecule has 1 saturated heterocycles. The molecule has 1 fully saturated rings. The summed E-state index contributed by atoms with van der Waals surface area (Å²) in [4.78, 5) is 0. The monoisotopic (exact) mass is 268 g/mol. The number of halogens is 1. The van der Waals surface area contributed by atoms with Crippen LogP contribution >= 0.6 is 11.6 Å². The first kappa shape index (κ1) is 14.3. The molecule has 0 spiro atoms. The highest BCUT2D eigenvalue weighted by Crippen LogP contribution is 2.40. The zero-order valence-corrected chi connectivity index (χ0v) is 11.6. The highest BCUT2D eigenvalue weighted by Gasteiger charge is 2.40. The van der Waals surface area contributed by atoms with Crippen molar-refractivity contribution < 1.29 is 13.2 Å². The second-order valence-corrected chi connectivity index (χ2v) is 7.34. The van der Waals surface area contributed by atoms with E-state index in [4.69, 9.17) is 16.3 Å². The minimum atomic E-state index is -2.85. The summed E-state index contributed by atoms with van der Waals surface area (Å²) in [5.41, 5.74) is -0.00911. The normalized spacial score (nSPS) is 30.8. The molecule has 2 atom stereocenters. The highest BCUT2D eigenvalue weighted by atomic mass is 35.5. The van der Waals surface area contributed by atoms with Gasteiger partial charge in [-0.05, 0) is 26.2 Å². The Hall–Kier alpha value is 0.200. The van der Waals surface area contributed by atoms with Crippen LogP contribution in [0, 0.1) is 5.41 Å². The fourth-order valence-electron chi connectivity index (χ4n) is 2.18. The molecule has 16 heavy (non-hydrogen) atoms. The maximum Gasteiger partial charge on any atom is 0.150 e. The third-order valence-electron chi connectivity index (χ3n) is 3.67. The van der Waals surface area contributed by atoms with E-state index in [1.54, 1.807) is 6.92 Å². The van der Waals surface area contributed by atoms with Gasteiger partial charge in [0, 0.05) is 23.7 Å². The van der Waals surface area contributed by atoms with E-state index in [1.165, 1.54) is 0 Å². The van der Waals surface area contributed by atoms with Crippen LogP contribution < -0.4 is 0 Å². The number of rotatable bonds is 6. The van der Waals surface area contributed by atoms with E-state index in [0.29, 0.717) is 12.3 Å². The molecule has 96 valence electrons. The summed E-state index contributed by atoms with van der Waals surface area (Å²) in [6.45, 7) is 4.46. The number of ether oxygens (including phenoxy) is 1. The van der Waals surface area contributed by atoms with E-state index >= 15 is 0 Å². The van der Waals surface area contributed by atoms with Gasteiger partial charge in [0.25, 0.3) is 0 Å². The van der Waals surface area contributed by atoms with Gasteiger partial charge in [-0.15, -0.1) is 11.6 Å². The minimum Gasteiger partial charge on any atom is -0.378 e. The lowest BCUT2D eigenvalue weighted by Gasteiger charge is -2.29. The van der Waals surface area contributed by atoms with Crippen LogP contribution in [0.3, 0.4) is 0 Å². The summed E-state index contributed by atoms with van der Waals surface area (Å²) in [5, 5.41) is 0. The van der Waals surface area contributed by atoms with Crippen molar-refractivity contribution in [2.75, 3.05) is 24.0 Å². The van der Waals surface area contributed by atoms with Crippen molar-refractivity contribution in [3.05, 3.63) is 0 Å². The third kappa shape index (κ3) is 3.34. The van der Waals surface area contributed by atoms with Gasteiger partial charge in [0.05, 0.1) is 11.9 Å². The van der Waals surface area contributed by atoms with E-state index in [1.807, 2.05) is 6.92 Å². The summed E-state index contributed by atoms with van der Waals surface area (Å²) in [6.07, 6.45) is 2.63. The molecule has 1 aliphatic heterocycles. The van der Waals surface area contributed by atoms with E-state index in [9.17, 15) is 8.42 Å². The fourth-order valence-corrected chi connectivity index (χ4v) is 3.54. The summed E-state index contributed by atoms with van der Waals surface area (Å²) in [5.74, 6) is 1.06. The van der Waals surface area contributed by atoms with Crippen molar-refractivity contribution in [2.24, 2.45) is 5.41 Å². The van der Waals surface area contributed by atoms with E-state index in [0.717, 1.165) is 19.4 Å². The molecule has 0 aromatic heterocycles. The Bertz CT molecular complexity index is 315. The van der Waals surface area contributed by atoms with Gasteiger partial charge in [0.1, 0.15) is 9.84 Å². The fraction of sp³-hybridized carbons (Fsp3) is 1.00. The number of alkyl halides is 1. The molecule has 3 nitrogen and oxygen atoms in total. The molecule has 1 aliphatic rings. The van der Waals surface area contributed by atoms with Crippen molar-refractivity contribution in [2.45, 2.75) is 39.2 Å². The SMILES string of the molecule is CCS(=O)(=O)CCCC1(CCl)CCOC1C. The molecule has 5 heteroatoms. The summed E-state index contributed by atoms with van der Waals surface area (Å²) >= 11 is 6.01. The van der Waals surface area contributed by atoms with E-state index in [2.05, 4.69) is 0 Å². The number of hydrogen-bond acceptors (Lipinski definition) is 3. The summed E-state index contributed by atoms with van der Waals surface area (Å²) < 4.78 is 28.3. The molecule has 0 bridgehead atoms. The topological polar surface area (TPSA) is 43.4 Å². The molecule has 0 saturated carbocycles. The zero-order chi connectivity index (χ0) is 12.2. The molecule has 0 radical (unpaired) electrons. The maximum absolute atomic E-state index is 11.4. The van der Waals surface area contributed by atoms with Crippen LogP contribution in [0.15, 0.2) is 0 Å². The lowest BCUT2D eigenvalue weighted by Crippen LogP contribution is -2.31. The van der Waals surface area contributed by atoms with Crippen molar-refractivity contribution in [1.82, 2.24) is 0 Å². The molecule has 0 aromatic rings. The van der Waals surface area contributed by atoms with Gasteiger partial charge < -0.3 is 4.74 Å². The number of hydrogen-bond donors (Lipinski definition) is 0. The molecule has 1 heterocycles. The van der Waals surface area contributed by atoms with Crippen molar-refractivity contribution in [3.8, 4) is 0 Å². The first-order valence-electron chi connectivity index (χ1n) is 5.84. The Morgan fingerprint density at radius 2 is 2.19 bits per heavy atom. The smallest absolute Gasteiger partial charge is 0.150 e. The van der Waals surface area contributed by atoms with Gasteiger partial charge >= 0.3 is 0 Å². The Labute approximate surface area is 103 Å². The van der Waals surface area contributed by atoms with Crippen LogP contribution in [0.1, 0.15) is 33.1 Å². The molecular formula is C11H21ClO3S. The maximum atomic E-state index is 11.4. The average molecular weight is 269 g/mol. The zero-order valence-electron chi connectivity index (χ0n) is 10.0. The van der Waals surface area contributed by atoms with Crippen LogP contribution in [-0.2, 0) is 14.6 Å². The standard InChI is InChI=1S/C11H21ClO3S/c1-3-16(13,14)8-4-5-11(9-12)6-7-15-10(11)2/h10H,3-9H2,1-2H3. The molecule has 0 N–H and O–H groups in total. The predicted molar refractivity (Wildman–Crippen MR) is 66.7 cm³/mol. The van der Waals surface area contributed by atoms with Crippen molar-refractivity contribution >= 4 is 21.4 Å². The van der Waals surface area contributed by atoms with E-state index in [-0.39, 0.29) is 23.0 Å². The first-order valence-corrected chi connectivity index (χ1v) is 8.19. The Kier molecular flexibility index (Phi) is 5.08. The largest absolute Gasteiger partial charge is 0.378 e. The summed E-state index contributed by atoms with van der Waals surface area (Å²) in [7, 11) is -2.85. The van der Waals surface area contributed by atoms with Crippen LogP contribution in [0.4, 0.5) is 0 Å². The summed E-state index contributed by atoms with van der Waals surface area (Å²) in [6, 6.07) is 0. The molecule has 2 unspecified atom stereocenters. The lowest BCUT2D eigenvalue weighted by atomic mass is 9.80. The van der Waals surface area contributed by atoms with Crippen LogP contribution in [0.5, 0.6) is 0 Å². The number of sulfone groups is 1. The predicted octanol–water partition coefficient (Wildman–Crippen LogP) is 2.24. The van der Waals surface area contributed by atoms with Crippen LogP contribution in [-0.4, -0.2) is 38.5 Å². The molecule has 0 aromatic carbocycles. The Morgan fingerprint density at radius 3 is 2.62 bits per heavy atom.